The summed E-state index contributed by atoms with van der Waals surface area (Å²) in [7, 11) is -1.12. The number of carbonyl (C=O) groups excluding carboxylic acids is 1. The van der Waals surface area contributed by atoms with Gasteiger partial charge in [-0.2, -0.15) is 0 Å². The Morgan fingerprint density at radius 1 is 1.78 bits per heavy atom. The van der Waals surface area contributed by atoms with E-state index < -0.39 is 13.6 Å². The summed E-state index contributed by atoms with van der Waals surface area (Å²) >= 11 is 0. The second-order valence-electron chi connectivity index (χ2n) is 1.04. The van der Waals surface area contributed by atoms with Crippen molar-refractivity contribution in [1.29, 1.82) is 0 Å². The molecule has 0 spiro atoms. The molecule has 0 fully saturated rings. The van der Waals surface area contributed by atoms with Crippen LogP contribution >= 0.6 is 0 Å². The summed E-state index contributed by atoms with van der Waals surface area (Å²) < 4.78 is 3.95. The van der Waals surface area contributed by atoms with Gasteiger partial charge < -0.3 is 14.7 Å². The van der Waals surface area contributed by atoms with Crippen molar-refractivity contribution < 1.29 is 24.3 Å². The molecule has 0 aliphatic heterocycles. The van der Waals surface area contributed by atoms with Crippen LogP contribution in [0.15, 0.2) is 0 Å². The minimum atomic E-state index is -1.12. The third-order valence-corrected chi connectivity index (χ3v) is 0.503. The van der Waals surface area contributed by atoms with E-state index in [2.05, 4.69) is 20.3 Å². The van der Waals surface area contributed by atoms with Crippen LogP contribution in [-0.4, -0.2) is 25.2 Å². The van der Waals surface area contributed by atoms with Crippen molar-refractivity contribution in [2.45, 2.75) is 0 Å². The van der Waals surface area contributed by atoms with Crippen LogP contribution in [-0.2, 0) is 19.2 Å². The predicted octanol–water partition coefficient (Wildman–Crippen LogP) is -2.00. The van der Waals surface area contributed by atoms with E-state index in [-0.39, 0.29) is 6.47 Å². The second-order valence-corrected chi connectivity index (χ2v) is 1.04. The molecule has 0 aliphatic carbocycles. The normalized spacial score (nSPS) is 8.67. The van der Waals surface area contributed by atoms with E-state index in [1.54, 1.807) is 0 Å². The van der Waals surface area contributed by atoms with Gasteiger partial charge >= 0.3 is 13.6 Å². The molecule has 0 amide bonds. The lowest BCUT2D eigenvalue weighted by atomic mass is 9.94. The third-order valence-electron chi connectivity index (χ3n) is 0.503. The van der Waals surface area contributed by atoms with Gasteiger partial charge in [0.05, 0.1) is 6.51 Å². The largest absolute Gasteiger partial charge is 0.549 e. The SMILES string of the molecule is NOB(CO)OOC=O. The Morgan fingerprint density at radius 2 is 2.44 bits per heavy atom. The highest BCUT2D eigenvalue weighted by atomic mass is 17.2. The summed E-state index contributed by atoms with van der Waals surface area (Å²) in [5.74, 6) is 4.54. The molecule has 0 aromatic carbocycles. The summed E-state index contributed by atoms with van der Waals surface area (Å²) in [4.78, 5) is 17.2. The van der Waals surface area contributed by atoms with Crippen molar-refractivity contribution in [3.63, 3.8) is 0 Å². The number of nitrogens with two attached hydrogens (primary N) is 1. The van der Waals surface area contributed by atoms with Crippen molar-refractivity contribution in [2.24, 2.45) is 5.90 Å². The van der Waals surface area contributed by atoms with Crippen LogP contribution in [0.25, 0.3) is 0 Å². The Bertz CT molecular complexity index is 75.4. The molecular weight excluding hydrogens is 129 g/mol. The molecular formula is C2H6BNO5. The first-order valence-electron chi connectivity index (χ1n) is 2.07. The van der Waals surface area contributed by atoms with Crippen molar-refractivity contribution in [1.82, 2.24) is 0 Å². The Hall–Kier alpha value is -0.625. The van der Waals surface area contributed by atoms with E-state index in [0.29, 0.717) is 0 Å². The van der Waals surface area contributed by atoms with E-state index in [4.69, 9.17) is 5.11 Å². The average Bonchev–Trinajstić information content (AvgIpc) is 1.91. The zero-order chi connectivity index (χ0) is 7.11. The van der Waals surface area contributed by atoms with Crippen LogP contribution in [0.5, 0.6) is 0 Å². The van der Waals surface area contributed by atoms with Crippen LogP contribution in [0.2, 0.25) is 0 Å². The zero-order valence-corrected chi connectivity index (χ0v) is 4.52. The fraction of sp³-hybridized carbons (Fsp3) is 0.500. The van der Waals surface area contributed by atoms with Gasteiger partial charge in [-0.05, 0) is 0 Å². The maximum atomic E-state index is 9.42. The van der Waals surface area contributed by atoms with Crippen molar-refractivity contribution in [3.05, 3.63) is 0 Å². The molecule has 0 heterocycles. The Morgan fingerprint density at radius 3 is 2.78 bits per heavy atom. The molecule has 3 N–H and O–H groups in total. The van der Waals surface area contributed by atoms with Gasteiger partial charge in [0.1, 0.15) is 0 Å². The molecule has 0 radical (unpaired) electrons. The first kappa shape index (κ1) is 8.37. The van der Waals surface area contributed by atoms with Crippen LogP contribution in [0.4, 0.5) is 0 Å². The highest BCUT2D eigenvalue weighted by molar-refractivity contribution is 6.43. The van der Waals surface area contributed by atoms with Gasteiger partial charge in [0.15, 0.2) is 0 Å². The molecule has 6 nitrogen and oxygen atoms in total. The standard InChI is InChI=1S/C2H6BNO5/c4-8-3(1-5)9-7-2-6/h2,5H,1,4H2. The van der Waals surface area contributed by atoms with Gasteiger partial charge in [-0.1, -0.05) is 0 Å². The van der Waals surface area contributed by atoms with Crippen molar-refractivity contribution >= 4 is 13.6 Å². The van der Waals surface area contributed by atoms with Gasteiger partial charge in [0, 0.05) is 0 Å². The zero-order valence-electron chi connectivity index (χ0n) is 4.52. The molecule has 0 saturated carbocycles. The van der Waals surface area contributed by atoms with Gasteiger partial charge in [-0.25, -0.2) is 10.7 Å². The van der Waals surface area contributed by atoms with Crippen LogP contribution in [0.3, 0.4) is 0 Å². The summed E-state index contributed by atoms with van der Waals surface area (Å²) in [5, 5.41) is 8.23. The molecule has 0 atom stereocenters. The monoisotopic (exact) mass is 135 g/mol. The van der Waals surface area contributed by atoms with E-state index >= 15 is 0 Å². The smallest absolute Gasteiger partial charge is 0.398 e. The summed E-state index contributed by atoms with van der Waals surface area (Å²) in [6.07, 6.45) is 0. The summed E-state index contributed by atoms with van der Waals surface area (Å²) in [5.41, 5.74) is 0. The maximum Gasteiger partial charge on any atom is 0.549 e. The fourth-order valence-electron chi connectivity index (χ4n) is 0.181. The van der Waals surface area contributed by atoms with Crippen LogP contribution in [0.1, 0.15) is 0 Å². The molecule has 0 aromatic heterocycles. The van der Waals surface area contributed by atoms with E-state index in [1.165, 1.54) is 0 Å². The molecule has 0 rings (SSSR count). The molecule has 0 unspecified atom stereocenters. The summed E-state index contributed by atoms with van der Waals surface area (Å²) in [6.45, 7) is -0.438. The maximum absolute atomic E-state index is 9.42. The quantitative estimate of drug-likeness (QED) is 0.196. The molecule has 0 aliphatic rings. The molecule has 0 aromatic rings. The van der Waals surface area contributed by atoms with Gasteiger partial charge in [0.25, 0.3) is 0 Å². The number of hydrogen-bond acceptors (Lipinski definition) is 6. The molecule has 0 saturated heterocycles. The first-order chi connectivity index (χ1) is 4.35. The Balaban J connectivity index is 3.19. The van der Waals surface area contributed by atoms with Gasteiger partial charge in [-0.15, -0.1) is 0 Å². The van der Waals surface area contributed by atoms with Gasteiger partial charge in [-0.3, -0.25) is 4.79 Å². The number of hydrogen-bond donors (Lipinski definition) is 2. The predicted molar refractivity (Wildman–Crippen MR) is 26.3 cm³/mol. The van der Waals surface area contributed by atoms with Crippen molar-refractivity contribution in [2.75, 3.05) is 6.51 Å². The lowest BCUT2D eigenvalue weighted by molar-refractivity contribution is -0.209. The topological polar surface area (TPSA) is 91.0 Å². The highest BCUT2D eigenvalue weighted by Gasteiger charge is 2.17. The van der Waals surface area contributed by atoms with Crippen LogP contribution < -0.4 is 5.90 Å². The number of aliphatic hydroxyl groups is 1. The Kier molecular flexibility index (Phi) is 5.13. The van der Waals surface area contributed by atoms with E-state index in [1.807, 2.05) is 0 Å². The summed E-state index contributed by atoms with van der Waals surface area (Å²) in [6, 6.07) is 0. The van der Waals surface area contributed by atoms with E-state index in [0.717, 1.165) is 0 Å². The lowest BCUT2D eigenvalue weighted by Crippen LogP contribution is -2.30. The molecule has 52 valence electrons. The van der Waals surface area contributed by atoms with Crippen molar-refractivity contribution in [3.8, 4) is 0 Å². The highest BCUT2D eigenvalue weighted by Crippen LogP contribution is 1.81. The van der Waals surface area contributed by atoms with E-state index in [9.17, 15) is 4.79 Å². The molecule has 0 bridgehead atoms. The number of aliphatic hydroxyl groups excluding tert-OH is 1. The number of rotatable bonds is 5. The van der Waals surface area contributed by atoms with Gasteiger partial charge in [0.2, 0.25) is 0 Å². The number of carbonyl (C=O) groups is 1. The van der Waals surface area contributed by atoms with Crippen LogP contribution in [0, 0.1) is 0 Å². The minimum Gasteiger partial charge on any atom is -0.398 e. The third kappa shape index (κ3) is 3.92. The minimum absolute atomic E-state index is 0.0433. The molecule has 9 heavy (non-hydrogen) atoms. The second kappa shape index (κ2) is 5.51. The lowest BCUT2D eigenvalue weighted by Gasteiger charge is -2.02. The fourth-order valence-corrected chi connectivity index (χ4v) is 0.181. The average molecular weight is 135 g/mol. The Labute approximate surface area is 51.5 Å². The first-order valence-corrected chi connectivity index (χ1v) is 2.07. The molecule has 7 heteroatoms.